The molecule has 0 heterocycles. The van der Waals surface area contributed by atoms with E-state index in [0.717, 1.165) is 5.56 Å². The normalized spacial score (nSPS) is 11.9. The van der Waals surface area contributed by atoms with Gasteiger partial charge in [-0.2, -0.15) is 18.4 Å². The third-order valence-corrected chi connectivity index (χ3v) is 4.97. The van der Waals surface area contributed by atoms with Crippen LogP contribution >= 0.6 is 0 Å². The van der Waals surface area contributed by atoms with Gasteiger partial charge in [-0.3, -0.25) is 4.79 Å². The van der Waals surface area contributed by atoms with Crippen LogP contribution in [0.5, 0.6) is 5.75 Å². The fraction of sp³-hybridized carbons (Fsp3) is 0.222. The third kappa shape index (κ3) is 4.82. The molecule has 2 aromatic carbocycles. The molecule has 3 N–H and O–H groups in total. The minimum Gasteiger partial charge on any atom is -0.483 e. The van der Waals surface area contributed by atoms with E-state index in [4.69, 9.17) is 10.5 Å². The van der Waals surface area contributed by atoms with E-state index >= 15 is 0 Å². The van der Waals surface area contributed by atoms with Gasteiger partial charge in [0.05, 0.1) is 10.6 Å². The number of rotatable bonds is 7. The van der Waals surface area contributed by atoms with Crippen LogP contribution < -0.4 is 15.3 Å². The molecule has 0 radical (unpaired) electrons. The van der Waals surface area contributed by atoms with Crippen LogP contribution in [0.4, 0.5) is 0 Å². The fourth-order valence-electron chi connectivity index (χ4n) is 2.38. The van der Waals surface area contributed by atoms with Crippen LogP contribution in [0.2, 0.25) is 0 Å². The Morgan fingerprint density at radius 1 is 1.19 bits per heavy atom. The number of aryl methyl sites for hydroxylation is 2. The number of amides is 1. The highest BCUT2D eigenvalue weighted by Crippen LogP contribution is 2.20. The Morgan fingerprint density at radius 2 is 1.88 bits per heavy atom. The number of para-hydroxylation sites is 1. The number of carbonyl (C=O) groups excluding carboxylic acids is 1. The summed E-state index contributed by atoms with van der Waals surface area (Å²) in [5.74, 6) is -0.219. The molecule has 8 heteroatoms. The monoisotopic (exact) mass is 375 g/mol. The van der Waals surface area contributed by atoms with Gasteiger partial charge in [0.25, 0.3) is 15.9 Å². The number of nitrogens with one attached hydrogen (secondary N) is 1. The number of hydrazone groups is 1. The van der Waals surface area contributed by atoms with Gasteiger partial charge in [0.1, 0.15) is 5.75 Å². The van der Waals surface area contributed by atoms with Crippen molar-refractivity contribution in [1.29, 1.82) is 0 Å². The highest BCUT2D eigenvalue weighted by atomic mass is 32.2. The van der Waals surface area contributed by atoms with E-state index in [0.29, 0.717) is 22.6 Å². The van der Waals surface area contributed by atoms with E-state index in [1.54, 1.807) is 56.3 Å². The number of sulfonamides is 1. The number of nitrogens with zero attached hydrogens (tertiary/aromatic N) is 1. The third-order valence-electron chi connectivity index (χ3n) is 3.60. The molecule has 0 fully saturated rings. The van der Waals surface area contributed by atoms with Crippen molar-refractivity contribution in [2.24, 2.45) is 10.8 Å². The Morgan fingerprint density at radius 3 is 2.54 bits per heavy atom. The molecule has 0 aromatic heterocycles. The van der Waals surface area contributed by atoms with Gasteiger partial charge < -0.3 is 10.5 Å². The summed E-state index contributed by atoms with van der Waals surface area (Å²) in [6.07, 6.45) is 0. The van der Waals surface area contributed by atoms with Gasteiger partial charge in [0.15, 0.2) is 6.61 Å². The molecule has 0 aliphatic heterocycles. The van der Waals surface area contributed by atoms with Gasteiger partial charge >= 0.3 is 0 Å². The lowest BCUT2D eigenvalue weighted by Crippen LogP contribution is -2.22. The topological polar surface area (TPSA) is 111 Å². The maximum absolute atomic E-state index is 12.5. The number of ether oxygens (including phenoxy) is 1. The van der Waals surface area contributed by atoms with Gasteiger partial charge in [-0.15, -0.1) is 0 Å². The van der Waals surface area contributed by atoms with E-state index in [9.17, 15) is 13.2 Å². The Labute approximate surface area is 152 Å². The number of carbonyl (C=O) groups is 1. The molecule has 2 rings (SSSR count). The molecule has 0 unspecified atom stereocenters. The van der Waals surface area contributed by atoms with Crippen LogP contribution in [0, 0.1) is 13.8 Å². The molecule has 0 atom stereocenters. The van der Waals surface area contributed by atoms with E-state index < -0.39 is 15.9 Å². The molecule has 0 aliphatic carbocycles. The molecule has 138 valence electrons. The molecule has 1 amide bonds. The summed E-state index contributed by atoms with van der Waals surface area (Å²) in [5, 5.41) is 3.98. The standard InChI is InChI=1S/C18H21N3O4S/c1-12-8-9-17(13(2)10-12)26(23,24)21-20-14(3)15-6-4-5-7-16(15)25-11-18(19)22/h4-10,21H,11H2,1-3H3,(H2,19,22)/b20-14+. The molecule has 0 spiro atoms. The zero-order chi connectivity index (χ0) is 19.3. The van der Waals surface area contributed by atoms with E-state index in [1.807, 2.05) is 6.92 Å². The van der Waals surface area contributed by atoms with Crippen molar-refractivity contribution in [3.8, 4) is 5.75 Å². The summed E-state index contributed by atoms with van der Waals surface area (Å²) < 4.78 is 30.3. The van der Waals surface area contributed by atoms with Crippen LogP contribution in [0.3, 0.4) is 0 Å². The lowest BCUT2D eigenvalue weighted by atomic mass is 10.1. The second-order valence-corrected chi connectivity index (χ2v) is 7.44. The van der Waals surface area contributed by atoms with Gasteiger partial charge in [-0.25, -0.2) is 0 Å². The molecule has 0 saturated heterocycles. The van der Waals surface area contributed by atoms with E-state index in [2.05, 4.69) is 9.93 Å². The van der Waals surface area contributed by atoms with Crippen molar-refractivity contribution in [3.63, 3.8) is 0 Å². The minimum absolute atomic E-state index is 0.165. The van der Waals surface area contributed by atoms with Gasteiger partial charge in [0.2, 0.25) is 0 Å². The first-order chi connectivity index (χ1) is 12.2. The van der Waals surface area contributed by atoms with Crippen LogP contribution in [0.1, 0.15) is 23.6 Å². The lowest BCUT2D eigenvalue weighted by Gasteiger charge is -2.11. The lowest BCUT2D eigenvalue weighted by molar-refractivity contribution is -0.119. The first-order valence-electron chi connectivity index (χ1n) is 7.84. The number of primary amides is 1. The molecular formula is C18H21N3O4S. The zero-order valence-electron chi connectivity index (χ0n) is 14.8. The van der Waals surface area contributed by atoms with Gasteiger partial charge in [-0.1, -0.05) is 29.8 Å². The molecular weight excluding hydrogens is 354 g/mol. The van der Waals surface area contributed by atoms with E-state index in [-0.39, 0.29) is 11.5 Å². The predicted octanol–water partition coefficient (Wildman–Crippen LogP) is 1.87. The first-order valence-corrected chi connectivity index (χ1v) is 9.33. The summed E-state index contributed by atoms with van der Waals surface area (Å²) in [4.78, 5) is 13.3. The van der Waals surface area contributed by atoms with Gasteiger partial charge in [0, 0.05) is 5.56 Å². The predicted molar refractivity (Wildman–Crippen MR) is 99.6 cm³/mol. The van der Waals surface area contributed by atoms with Crippen molar-refractivity contribution in [1.82, 2.24) is 4.83 Å². The Bertz CT molecular complexity index is 953. The second kappa shape index (κ2) is 8.01. The molecule has 2 aromatic rings. The quantitative estimate of drug-likeness (QED) is 0.568. The molecule has 0 aliphatic rings. The SMILES string of the molecule is C/C(=N\NS(=O)(=O)c1ccc(C)cc1C)c1ccccc1OCC(N)=O. The maximum atomic E-state index is 12.5. The summed E-state index contributed by atoms with van der Waals surface area (Å²) >= 11 is 0. The average molecular weight is 375 g/mol. The highest BCUT2D eigenvalue weighted by Gasteiger charge is 2.16. The van der Waals surface area contributed by atoms with Crippen LogP contribution in [0.25, 0.3) is 0 Å². The van der Waals surface area contributed by atoms with Crippen molar-refractivity contribution in [2.75, 3.05) is 6.61 Å². The Balaban J connectivity index is 2.26. The summed E-state index contributed by atoms with van der Waals surface area (Å²) in [7, 11) is -3.80. The molecule has 0 saturated carbocycles. The highest BCUT2D eigenvalue weighted by molar-refractivity contribution is 7.89. The molecule has 0 bridgehead atoms. The summed E-state index contributed by atoms with van der Waals surface area (Å²) in [6, 6.07) is 11.9. The van der Waals surface area contributed by atoms with Crippen LogP contribution in [-0.4, -0.2) is 26.6 Å². The maximum Gasteiger partial charge on any atom is 0.276 e. The largest absolute Gasteiger partial charge is 0.483 e. The molecule has 26 heavy (non-hydrogen) atoms. The van der Waals surface area contributed by atoms with Crippen molar-refractivity contribution in [2.45, 2.75) is 25.7 Å². The van der Waals surface area contributed by atoms with E-state index in [1.165, 1.54) is 0 Å². The van der Waals surface area contributed by atoms with Crippen molar-refractivity contribution < 1.29 is 17.9 Å². The number of hydrogen-bond acceptors (Lipinski definition) is 5. The zero-order valence-corrected chi connectivity index (χ0v) is 15.6. The summed E-state index contributed by atoms with van der Waals surface area (Å²) in [6.45, 7) is 4.98. The first kappa shape index (κ1) is 19.5. The van der Waals surface area contributed by atoms with Crippen molar-refractivity contribution >= 4 is 21.6 Å². The minimum atomic E-state index is -3.80. The smallest absolute Gasteiger partial charge is 0.276 e. The average Bonchev–Trinajstić information content (AvgIpc) is 2.58. The van der Waals surface area contributed by atoms with Crippen molar-refractivity contribution in [3.05, 3.63) is 59.2 Å². The number of benzene rings is 2. The van der Waals surface area contributed by atoms with Crippen LogP contribution in [0.15, 0.2) is 52.5 Å². The second-order valence-electron chi connectivity index (χ2n) is 5.81. The van der Waals surface area contributed by atoms with Gasteiger partial charge in [-0.05, 0) is 44.5 Å². The molecule has 7 nitrogen and oxygen atoms in total. The number of nitrogens with two attached hydrogens (primary N) is 1. The van der Waals surface area contributed by atoms with Crippen LogP contribution in [-0.2, 0) is 14.8 Å². The summed E-state index contributed by atoms with van der Waals surface area (Å²) in [5.41, 5.74) is 7.63. The fourth-order valence-corrected chi connectivity index (χ4v) is 3.46. The number of hydrogen-bond donors (Lipinski definition) is 2. The Hall–Kier alpha value is -2.87. The Kier molecular flexibility index (Phi) is 5.99.